The molecule has 2 aromatic rings. The van der Waals surface area contributed by atoms with E-state index in [1.54, 1.807) is 36.0 Å². The van der Waals surface area contributed by atoms with Gasteiger partial charge in [0, 0.05) is 12.6 Å². The number of hydrogen-bond acceptors (Lipinski definition) is 7. The Hall–Kier alpha value is -2.49. The maximum Gasteiger partial charge on any atom is 0.519 e. The van der Waals surface area contributed by atoms with Gasteiger partial charge in [0.15, 0.2) is 18.2 Å². The summed E-state index contributed by atoms with van der Waals surface area (Å²) in [6, 6.07) is 3.41. The van der Waals surface area contributed by atoms with E-state index in [-0.39, 0.29) is 12.5 Å². The predicted molar refractivity (Wildman–Crippen MR) is 76.1 cm³/mol. The minimum Gasteiger partial charge on any atom is -0.396 e. The van der Waals surface area contributed by atoms with Crippen LogP contribution in [0.15, 0.2) is 38.2 Å². The third-order valence-corrected chi connectivity index (χ3v) is 2.91. The average Bonchev–Trinajstić information content (AvgIpc) is 2.85. The Morgan fingerprint density at radius 1 is 1.39 bits per heavy atom. The SMILES string of the molecule is CONOCCNC(=O)c1ccc[n+](Cc2oc(=O)oc2C)c1. The maximum absolute atomic E-state index is 12.0. The molecule has 0 unspecified atom stereocenters. The summed E-state index contributed by atoms with van der Waals surface area (Å²) in [5.74, 6) is -0.154. The van der Waals surface area contributed by atoms with E-state index in [4.69, 9.17) is 13.7 Å². The molecule has 0 aliphatic carbocycles. The van der Waals surface area contributed by atoms with Crippen LogP contribution >= 0.6 is 0 Å². The molecule has 0 saturated carbocycles. The van der Waals surface area contributed by atoms with Crippen molar-refractivity contribution < 1.29 is 27.9 Å². The number of nitrogens with zero attached hydrogens (tertiary/aromatic N) is 1. The number of aromatic nitrogens is 1. The third kappa shape index (κ3) is 5.02. The van der Waals surface area contributed by atoms with E-state index < -0.39 is 5.82 Å². The van der Waals surface area contributed by atoms with Crippen LogP contribution in [0.1, 0.15) is 21.9 Å². The number of aryl methyl sites for hydroxylation is 1. The van der Waals surface area contributed by atoms with E-state index in [9.17, 15) is 9.59 Å². The summed E-state index contributed by atoms with van der Waals surface area (Å²) in [6.07, 6.45) is 3.41. The van der Waals surface area contributed by atoms with Crippen molar-refractivity contribution in [3.8, 4) is 0 Å². The number of carbonyl (C=O) groups is 1. The standard InChI is InChI=1S/C14H17N3O6/c1-10-12(23-14(19)22-10)9-17-6-3-4-11(8-17)13(18)15-5-7-21-16-20-2/h3-4,6,8,16H,5,7,9H2,1-2H3/p+1. The maximum atomic E-state index is 12.0. The summed E-state index contributed by atoms with van der Waals surface area (Å²) in [7, 11) is 1.42. The second-order valence-corrected chi connectivity index (χ2v) is 4.59. The first-order chi connectivity index (χ1) is 11.1. The van der Waals surface area contributed by atoms with Crippen LogP contribution in [-0.2, 0) is 16.2 Å². The van der Waals surface area contributed by atoms with E-state index in [0.29, 0.717) is 30.2 Å². The van der Waals surface area contributed by atoms with Crippen molar-refractivity contribution in [1.82, 2.24) is 11.0 Å². The van der Waals surface area contributed by atoms with Crippen molar-refractivity contribution in [2.24, 2.45) is 0 Å². The highest BCUT2D eigenvalue weighted by atomic mass is 16.9. The molecule has 0 bridgehead atoms. The van der Waals surface area contributed by atoms with Crippen molar-refractivity contribution >= 4 is 5.91 Å². The van der Waals surface area contributed by atoms with Crippen LogP contribution in [0, 0.1) is 6.92 Å². The molecule has 2 rings (SSSR count). The van der Waals surface area contributed by atoms with Gasteiger partial charge in [-0.05, 0) is 13.0 Å². The molecule has 2 aromatic heterocycles. The van der Waals surface area contributed by atoms with Crippen LogP contribution in [0.25, 0.3) is 0 Å². The number of hydrogen-bond donors (Lipinski definition) is 2. The second-order valence-electron chi connectivity index (χ2n) is 4.59. The Kier molecular flexibility index (Phi) is 6.03. The summed E-state index contributed by atoms with van der Waals surface area (Å²) < 4.78 is 11.5. The molecule has 2 heterocycles. The third-order valence-electron chi connectivity index (χ3n) is 2.91. The van der Waals surface area contributed by atoms with Gasteiger partial charge in [-0.15, -0.1) is 0 Å². The average molecular weight is 324 g/mol. The van der Waals surface area contributed by atoms with E-state index in [0.717, 1.165) is 0 Å². The van der Waals surface area contributed by atoms with E-state index in [1.165, 1.54) is 7.11 Å². The molecule has 0 fully saturated rings. The van der Waals surface area contributed by atoms with Gasteiger partial charge in [0.2, 0.25) is 12.3 Å². The van der Waals surface area contributed by atoms with Crippen LogP contribution in [0.3, 0.4) is 0 Å². The van der Waals surface area contributed by atoms with Gasteiger partial charge in [0.1, 0.15) is 5.56 Å². The summed E-state index contributed by atoms with van der Waals surface area (Å²) in [5, 5.41) is 2.70. The van der Waals surface area contributed by atoms with Crippen molar-refractivity contribution in [1.29, 1.82) is 0 Å². The number of amides is 1. The van der Waals surface area contributed by atoms with Crippen molar-refractivity contribution in [3.63, 3.8) is 0 Å². The fourth-order valence-corrected chi connectivity index (χ4v) is 1.86. The molecular formula is C14H18N3O6+. The molecule has 9 nitrogen and oxygen atoms in total. The zero-order chi connectivity index (χ0) is 16.7. The van der Waals surface area contributed by atoms with Crippen LogP contribution in [0.4, 0.5) is 0 Å². The van der Waals surface area contributed by atoms with Crippen LogP contribution in [0.2, 0.25) is 0 Å². The monoisotopic (exact) mass is 324 g/mol. The molecule has 124 valence electrons. The molecule has 0 aliphatic rings. The highest BCUT2D eigenvalue weighted by molar-refractivity contribution is 5.93. The van der Waals surface area contributed by atoms with Gasteiger partial charge < -0.3 is 14.2 Å². The number of carbonyl (C=O) groups excluding carboxylic acids is 1. The molecule has 0 atom stereocenters. The summed E-state index contributed by atoms with van der Waals surface area (Å²) in [5.41, 5.74) is 2.67. The second kappa shape index (κ2) is 8.22. The summed E-state index contributed by atoms with van der Waals surface area (Å²) in [6.45, 7) is 2.51. The lowest BCUT2D eigenvalue weighted by molar-refractivity contribution is -0.690. The normalized spacial score (nSPS) is 10.7. The Morgan fingerprint density at radius 3 is 2.91 bits per heavy atom. The Bertz CT molecular complexity index is 709. The molecule has 0 spiro atoms. The highest BCUT2D eigenvalue weighted by Gasteiger charge is 2.15. The fourth-order valence-electron chi connectivity index (χ4n) is 1.86. The largest absolute Gasteiger partial charge is 0.519 e. The first-order valence-electron chi connectivity index (χ1n) is 6.86. The van der Waals surface area contributed by atoms with Crippen molar-refractivity contribution in [2.45, 2.75) is 13.5 Å². The first kappa shape index (κ1) is 16.9. The van der Waals surface area contributed by atoms with Gasteiger partial charge in [0.25, 0.3) is 5.91 Å². The number of pyridine rings is 1. The van der Waals surface area contributed by atoms with Crippen molar-refractivity contribution in [3.05, 3.63) is 52.2 Å². The van der Waals surface area contributed by atoms with Gasteiger partial charge in [-0.3, -0.25) is 14.5 Å². The molecule has 0 saturated heterocycles. The zero-order valence-corrected chi connectivity index (χ0v) is 12.8. The highest BCUT2D eigenvalue weighted by Crippen LogP contribution is 2.04. The molecule has 0 aliphatic heterocycles. The van der Waals surface area contributed by atoms with Crippen LogP contribution in [-0.4, -0.2) is 26.2 Å². The molecule has 9 heteroatoms. The number of nitrogens with one attached hydrogen (secondary N) is 2. The lowest BCUT2D eigenvalue weighted by Crippen LogP contribution is -2.36. The smallest absolute Gasteiger partial charge is 0.396 e. The topological polar surface area (TPSA) is 107 Å². The summed E-state index contributed by atoms with van der Waals surface area (Å²) in [4.78, 5) is 32.4. The predicted octanol–water partition coefficient (Wildman–Crippen LogP) is -0.311. The molecule has 1 amide bonds. The lowest BCUT2D eigenvalue weighted by atomic mass is 10.2. The van der Waals surface area contributed by atoms with Gasteiger partial charge in [0.05, 0.1) is 13.7 Å². The van der Waals surface area contributed by atoms with E-state index >= 15 is 0 Å². The molecule has 2 N–H and O–H groups in total. The van der Waals surface area contributed by atoms with Gasteiger partial charge >= 0.3 is 5.82 Å². The van der Waals surface area contributed by atoms with E-state index in [2.05, 4.69) is 15.8 Å². The molecule has 23 heavy (non-hydrogen) atoms. The van der Waals surface area contributed by atoms with E-state index in [1.807, 2.05) is 0 Å². The Morgan fingerprint density at radius 2 is 2.22 bits per heavy atom. The van der Waals surface area contributed by atoms with Crippen LogP contribution in [0.5, 0.6) is 0 Å². The summed E-state index contributed by atoms with van der Waals surface area (Å²) >= 11 is 0. The minimum atomic E-state index is -0.739. The molecular weight excluding hydrogens is 306 g/mol. The Labute approximate surface area is 131 Å². The Balaban J connectivity index is 1.95. The minimum absolute atomic E-state index is 0.245. The fraction of sp³-hybridized carbons (Fsp3) is 0.357. The van der Waals surface area contributed by atoms with Gasteiger partial charge in [-0.1, -0.05) is 5.64 Å². The molecule has 0 radical (unpaired) electrons. The number of rotatable bonds is 8. The quantitative estimate of drug-likeness (QED) is 0.390. The molecule has 0 aromatic carbocycles. The van der Waals surface area contributed by atoms with Crippen LogP contribution < -0.4 is 21.3 Å². The zero-order valence-electron chi connectivity index (χ0n) is 12.8. The van der Waals surface area contributed by atoms with Crippen molar-refractivity contribution in [2.75, 3.05) is 20.3 Å². The first-order valence-corrected chi connectivity index (χ1v) is 6.86. The van der Waals surface area contributed by atoms with Gasteiger partial charge in [-0.25, -0.2) is 4.79 Å². The van der Waals surface area contributed by atoms with Gasteiger partial charge in [-0.2, -0.15) is 4.57 Å². The lowest BCUT2D eigenvalue weighted by Gasteiger charge is -2.05.